The molecule has 0 amide bonds. The zero-order chi connectivity index (χ0) is 25.5. The van der Waals surface area contributed by atoms with E-state index in [0.717, 1.165) is 27.8 Å². The number of nitrogens with one attached hydrogen (secondary N) is 1. The Labute approximate surface area is 204 Å². The van der Waals surface area contributed by atoms with Crippen LogP contribution in [0.1, 0.15) is 56.1 Å². The van der Waals surface area contributed by atoms with Crippen molar-refractivity contribution in [3.63, 3.8) is 0 Å². The monoisotopic (exact) mass is 481 g/mol. The molecular formula is C26H31N3O6. The van der Waals surface area contributed by atoms with Crippen molar-refractivity contribution >= 4 is 23.7 Å². The highest BCUT2D eigenvalue weighted by Gasteiger charge is 2.29. The third-order valence-corrected chi connectivity index (χ3v) is 5.70. The molecule has 0 saturated heterocycles. The molecule has 0 fully saturated rings. The average molecular weight is 482 g/mol. The second kappa shape index (κ2) is 11.7. The molecule has 1 unspecified atom stereocenters. The highest BCUT2D eigenvalue weighted by molar-refractivity contribution is 5.88. The Morgan fingerprint density at radius 1 is 1.20 bits per heavy atom. The molecule has 2 aliphatic rings. The maximum Gasteiger partial charge on any atom is 0.294 e. The van der Waals surface area contributed by atoms with Gasteiger partial charge in [0, 0.05) is 35.7 Å². The van der Waals surface area contributed by atoms with E-state index in [2.05, 4.69) is 5.32 Å². The lowest BCUT2D eigenvalue weighted by molar-refractivity contribution is -0.139. The molecule has 0 aliphatic carbocycles. The molecule has 1 aromatic carbocycles. The molecule has 186 valence electrons. The third-order valence-electron chi connectivity index (χ3n) is 5.70. The zero-order valence-corrected chi connectivity index (χ0v) is 20.7. The molecule has 9 nitrogen and oxygen atoms in total. The number of pyridine rings is 2. The molecule has 4 heterocycles. The van der Waals surface area contributed by atoms with E-state index < -0.39 is 6.10 Å². The van der Waals surface area contributed by atoms with Gasteiger partial charge in [-0.15, -0.1) is 0 Å². The highest BCUT2D eigenvalue weighted by atomic mass is 16.5. The molecule has 0 radical (unpaired) electrons. The van der Waals surface area contributed by atoms with Crippen LogP contribution < -0.4 is 15.6 Å². The lowest BCUT2D eigenvalue weighted by atomic mass is 10.0. The molecule has 1 N–H and O–H groups in total. The van der Waals surface area contributed by atoms with Crippen molar-refractivity contribution in [3.8, 4) is 17.1 Å². The lowest BCUT2D eigenvalue weighted by Crippen LogP contribution is -2.27. The molecule has 0 saturated carbocycles. The van der Waals surface area contributed by atoms with E-state index in [9.17, 15) is 14.4 Å². The molecule has 2 aliphatic heterocycles. The van der Waals surface area contributed by atoms with Crippen LogP contribution in [0.3, 0.4) is 0 Å². The standard InChI is InChI=1S/C22H19N3O6.2C2H6/c1-29-9-16-14(20(8-26)31-11-27)5-18-21-12(7-25(18)22(16)28)4-13-15-6-23-10-30-19(15)3-2-17(13)24-21;2*1-2/h2-5,8,11,20,23H,6-7,9-10H2,1H3;2*1-2H3. The Morgan fingerprint density at radius 3 is 2.66 bits per heavy atom. The van der Waals surface area contributed by atoms with Crippen LogP contribution in [0.5, 0.6) is 5.75 Å². The predicted octanol–water partition coefficient (Wildman–Crippen LogP) is 3.48. The maximum absolute atomic E-state index is 13.3. The number of hydrogen-bond acceptors (Lipinski definition) is 8. The van der Waals surface area contributed by atoms with E-state index in [1.165, 1.54) is 7.11 Å². The zero-order valence-electron chi connectivity index (χ0n) is 20.7. The van der Waals surface area contributed by atoms with E-state index in [4.69, 9.17) is 19.2 Å². The number of methoxy groups -OCH3 is 1. The van der Waals surface area contributed by atoms with Gasteiger partial charge < -0.3 is 18.8 Å². The first kappa shape index (κ1) is 26.1. The third kappa shape index (κ3) is 4.69. The molecule has 2 aromatic heterocycles. The molecule has 5 rings (SSSR count). The Bertz CT molecular complexity index is 1280. The van der Waals surface area contributed by atoms with Gasteiger partial charge in [-0.25, -0.2) is 4.98 Å². The molecule has 0 spiro atoms. The number of hydrogen-bond donors (Lipinski definition) is 1. The summed E-state index contributed by atoms with van der Waals surface area (Å²) in [7, 11) is 1.46. The van der Waals surface area contributed by atoms with Crippen molar-refractivity contribution in [2.45, 2.75) is 53.5 Å². The smallest absolute Gasteiger partial charge is 0.294 e. The van der Waals surface area contributed by atoms with Gasteiger partial charge in [0.25, 0.3) is 12.0 Å². The van der Waals surface area contributed by atoms with Gasteiger partial charge in [-0.05, 0) is 24.3 Å². The fourth-order valence-electron chi connectivity index (χ4n) is 4.30. The van der Waals surface area contributed by atoms with Crippen molar-refractivity contribution < 1.29 is 23.8 Å². The van der Waals surface area contributed by atoms with E-state index >= 15 is 0 Å². The number of carbonyl (C=O) groups excluding carboxylic acids is 2. The summed E-state index contributed by atoms with van der Waals surface area (Å²) >= 11 is 0. The molecular weight excluding hydrogens is 450 g/mol. The van der Waals surface area contributed by atoms with Gasteiger partial charge in [-0.2, -0.15) is 0 Å². The second-order valence-corrected chi connectivity index (χ2v) is 7.40. The van der Waals surface area contributed by atoms with Gasteiger partial charge in [-0.3, -0.25) is 19.7 Å². The van der Waals surface area contributed by atoms with Gasteiger partial charge in [0.2, 0.25) is 0 Å². The molecule has 9 heteroatoms. The van der Waals surface area contributed by atoms with Crippen LogP contribution in [-0.2, 0) is 38.8 Å². The van der Waals surface area contributed by atoms with Gasteiger partial charge in [0.1, 0.15) is 12.5 Å². The van der Waals surface area contributed by atoms with E-state index in [-0.39, 0.29) is 24.2 Å². The minimum atomic E-state index is -1.19. The summed E-state index contributed by atoms with van der Waals surface area (Å²) in [6, 6.07) is 7.51. The van der Waals surface area contributed by atoms with Gasteiger partial charge in [-0.1, -0.05) is 27.7 Å². The maximum atomic E-state index is 13.3. The van der Waals surface area contributed by atoms with E-state index in [0.29, 0.717) is 43.1 Å². The average Bonchev–Trinajstić information content (AvgIpc) is 3.27. The lowest BCUT2D eigenvalue weighted by Gasteiger charge is -2.20. The topological polar surface area (TPSA) is 109 Å². The van der Waals surface area contributed by atoms with Crippen molar-refractivity contribution in [3.05, 3.63) is 56.9 Å². The minimum Gasteiger partial charge on any atom is -0.478 e. The summed E-state index contributed by atoms with van der Waals surface area (Å²) in [4.78, 5) is 40.5. The van der Waals surface area contributed by atoms with Gasteiger partial charge >= 0.3 is 0 Å². The summed E-state index contributed by atoms with van der Waals surface area (Å²) in [6.45, 7) is 9.67. The van der Waals surface area contributed by atoms with Crippen LogP contribution in [0.15, 0.2) is 29.1 Å². The molecule has 0 bridgehead atoms. The SMILES string of the molecule is CC.CC.COCc1c(C(C=O)OC=O)cc2n(c1=O)Cc1cc3c4c(ccc3nc1-2)OCNC4. The summed E-state index contributed by atoms with van der Waals surface area (Å²) in [5.74, 6) is 0.824. The number of rotatable bonds is 6. The minimum absolute atomic E-state index is 0.0106. The molecule has 3 aromatic rings. The van der Waals surface area contributed by atoms with Crippen LogP contribution in [0.4, 0.5) is 0 Å². The van der Waals surface area contributed by atoms with Crippen LogP contribution in [0.2, 0.25) is 0 Å². The quantitative estimate of drug-likeness (QED) is 0.417. The van der Waals surface area contributed by atoms with E-state index in [1.807, 2.05) is 45.9 Å². The Kier molecular flexibility index (Phi) is 8.73. The van der Waals surface area contributed by atoms with Crippen LogP contribution in [0.25, 0.3) is 22.3 Å². The van der Waals surface area contributed by atoms with Crippen molar-refractivity contribution in [2.75, 3.05) is 13.8 Å². The second-order valence-electron chi connectivity index (χ2n) is 7.40. The van der Waals surface area contributed by atoms with Gasteiger partial charge in [0.05, 0.1) is 35.6 Å². The normalized spacial score (nSPS) is 13.5. The summed E-state index contributed by atoms with van der Waals surface area (Å²) in [5, 5.41) is 4.16. The number of fused-ring (bicyclic) bond motifs is 6. The fraction of sp³-hybridized carbons (Fsp3) is 0.385. The fourth-order valence-corrected chi connectivity index (χ4v) is 4.30. The summed E-state index contributed by atoms with van der Waals surface area (Å²) in [5.41, 5.74) is 4.22. The first-order valence-corrected chi connectivity index (χ1v) is 11.8. The van der Waals surface area contributed by atoms with Crippen molar-refractivity contribution in [2.24, 2.45) is 0 Å². The number of ether oxygens (including phenoxy) is 3. The number of carbonyl (C=O) groups is 2. The largest absolute Gasteiger partial charge is 0.478 e. The number of nitrogens with zero attached hydrogens (tertiary/aromatic N) is 2. The van der Waals surface area contributed by atoms with E-state index in [1.54, 1.807) is 10.6 Å². The highest BCUT2D eigenvalue weighted by Crippen LogP contribution is 2.37. The summed E-state index contributed by atoms with van der Waals surface area (Å²) < 4.78 is 17.4. The summed E-state index contributed by atoms with van der Waals surface area (Å²) in [6.07, 6.45) is -0.705. The predicted molar refractivity (Wildman–Crippen MR) is 132 cm³/mol. The Balaban J connectivity index is 0.000000815. The molecule has 35 heavy (non-hydrogen) atoms. The molecule has 1 atom stereocenters. The Hall–Kier alpha value is -3.56. The van der Waals surface area contributed by atoms with Crippen molar-refractivity contribution in [1.82, 2.24) is 14.9 Å². The van der Waals surface area contributed by atoms with Crippen LogP contribution in [0, 0.1) is 0 Å². The van der Waals surface area contributed by atoms with Crippen LogP contribution in [-0.4, -0.2) is 36.2 Å². The van der Waals surface area contributed by atoms with Gasteiger partial charge in [0.15, 0.2) is 12.4 Å². The number of aldehydes is 1. The number of aromatic nitrogens is 2. The van der Waals surface area contributed by atoms with Crippen LogP contribution >= 0.6 is 0 Å². The van der Waals surface area contributed by atoms with Crippen molar-refractivity contribution in [1.29, 1.82) is 0 Å². The first-order valence-electron chi connectivity index (χ1n) is 11.8. The first-order chi connectivity index (χ1) is 17.2. The Morgan fingerprint density at radius 2 is 1.97 bits per heavy atom. The number of benzene rings is 1.